The van der Waals surface area contributed by atoms with Crippen LogP contribution in [0.2, 0.25) is 0 Å². The molecule has 1 N–H and O–H groups in total. The van der Waals surface area contributed by atoms with Crippen LogP contribution >= 0.6 is 0 Å². The Morgan fingerprint density at radius 1 is 1.50 bits per heavy atom. The van der Waals surface area contributed by atoms with Gasteiger partial charge >= 0.3 is 6.09 Å². The summed E-state index contributed by atoms with van der Waals surface area (Å²) in [5.41, 5.74) is 0.512. The zero-order valence-electron chi connectivity index (χ0n) is 9.39. The van der Waals surface area contributed by atoms with Crippen LogP contribution < -0.4 is 5.32 Å². The molecule has 14 heavy (non-hydrogen) atoms. The van der Waals surface area contributed by atoms with Crippen LogP contribution in [-0.2, 0) is 4.74 Å². The highest BCUT2D eigenvalue weighted by molar-refractivity contribution is 5.67. The summed E-state index contributed by atoms with van der Waals surface area (Å²) in [6.45, 7) is 11.5. The summed E-state index contributed by atoms with van der Waals surface area (Å²) in [6.07, 6.45) is 3.27. The molecule has 0 aromatic heterocycles. The highest BCUT2D eigenvalue weighted by Crippen LogP contribution is 2.06. The summed E-state index contributed by atoms with van der Waals surface area (Å²) >= 11 is 0. The van der Waals surface area contributed by atoms with Crippen LogP contribution in [0.4, 0.5) is 4.79 Å². The molecule has 0 aliphatic carbocycles. The maximum absolute atomic E-state index is 11.1. The van der Waals surface area contributed by atoms with Gasteiger partial charge in [0.1, 0.15) is 5.60 Å². The van der Waals surface area contributed by atoms with Crippen molar-refractivity contribution in [2.75, 3.05) is 6.54 Å². The average molecular weight is 197 g/mol. The Morgan fingerprint density at radius 2 is 2.07 bits per heavy atom. The SMILES string of the molecule is C=C(C)/C=C/CNC(=O)OC(C)(C)C. The van der Waals surface area contributed by atoms with E-state index in [2.05, 4.69) is 11.9 Å². The van der Waals surface area contributed by atoms with E-state index in [1.165, 1.54) is 0 Å². The molecule has 0 aromatic rings. The zero-order valence-corrected chi connectivity index (χ0v) is 9.39. The second-order valence-corrected chi connectivity index (χ2v) is 4.13. The van der Waals surface area contributed by atoms with Crippen molar-refractivity contribution in [2.24, 2.45) is 0 Å². The summed E-state index contributed by atoms with van der Waals surface area (Å²) in [5.74, 6) is 0. The molecule has 0 unspecified atom stereocenters. The van der Waals surface area contributed by atoms with E-state index in [0.717, 1.165) is 5.57 Å². The fourth-order valence-electron chi connectivity index (χ4n) is 0.717. The molecule has 0 aromatic carbocycles. The number of carbonyl (C=O) groups excluding carboxylic acids is 1. The van der Waals surface area contributed by atoms with Gasteiger partial charge in [-0.05, 0) is 27.7 Å². The number of carbonyl (C=O) groups is 1. The molecule has 0 rings (SSSR count). The molecule has 3 nitrogen and oxygen atoms in total. The molecule has 0 atom stereocenters. The van der Waals surface area contributed by atoms with Crippen molar-refractivity contribution >= 4 is 6.09 Å². The predicted octanol–water partition coefficient (Wildman–Crippen LogP) is 2.64. The number of amides is 1. The van der Waals surface area contributed by atoms with Crippen LogP contribution in [-0.4, -0.2) is 18.2 Å². The van der Waals surface area contributed by atoms with Crippen molar-refractivity contribution in [3.63, 3.8) is 0 Å². The molecule has 0 saturated heterocycles. The monoisotopic (exact) mass is 197 g/mol. The summed E-state index contributed by atoms with van der Waals surface area (Å²) in [6, 6.07) is 0. The van der Waals surface area contributed by atoms with Crippen LogP contribution in [0.5, 0.6) is 0 Å². The molecular formula is C11H19NO2. The summed E-state index contributed by atoms with van der Waals surface area (Å²) in [7, 11) is 0. The van der Waals surface area contributed by atoms with Crippen LogP contribution in [0, 0.1) is 0 Å². The highest BCUT2D eigenvalue weighted by atomic mass is 16.6. The Bertz CT molecular complexity index is 236. The van der Waals surface area contributed by atoms with Crippen LogP contribution in [0.25, 0.3) is 0 Å². The van der Waals surface area contributed by atoms with Gasteiger partial charge in [0, 0.05) is 6.54 Å². The van der Waals surface area contributed by atoms with E-state index >= 15 is 0 Å². The van der Waals surface area contributed by atoms with Gasteiger partial charge < -0.3 is 10.1 Å². The van der Waals surface area contributed by atoms with Crippen molar-refractivity contribution in [2.45, 2.75) is 33.3 Å². The van der Waals surface area contributed by atoms with E-state index in [1.54, 1.807) is 0 Å². The molecule has 0 aliphatic rings. The van der Waals surface area contributed by atoms with Gasteiger partial charge in [-0.25, -0.2) is 4.79 Å². The molecule has 0 radical (unpaired) electrons. The number of nitrogens with one attached hydrogen (secondary N) is 1. The maximum atomic E-state index is 11.1. The van der Waals surface area contributed by atoms with Gasteiger partial charge in [-0.1, -0.05) is 24.3 Å². The van der Waals surface area contributed by atoms with Crippen molar-refractivity contribution in [1.82, 2.24) is 5.32 Å². The third-order valence-corrected chi connectivity index (χ3v) is 1.17. The minimum Gasteiger partial charge on any atom is -0.444 e. The van der Waals surface area contributed by atoms with Crippen molar-refractivity contribution in [3.8, 4) is 0 Å². The van der Waals surface area contributed by atoms with Gasteiger partial charge in [0.25, 0.3) is 0 Å². The standard InChI is InChI=1S/C11H19NO2/c1-9(2)7-6-8-12-10(13)14-11(3,4)5/h6-7H,1,8H2,2-5H3,(H,12,13)/b7-6+. The number of rotatable bonds is 3. The second kappa shape index (κ2) is 5.47. The summed E-state index contributed by atoms with van der Waals surface area (Å²) < 4.78 is 5.04. The summed E-state index contributed by atoms with van der Waals surface area (Å²) in [5, 5.41) is 2.61. The minimum atomic E-state index is -0.442. The summed E-state index contributed by atoms with van der Waals surface area (Å²) in [4.78, 5) is 11.1. The molecular weight excluding hydrogens is 178 g/mol. The Labute approximate surface area is 85.8 Å². The fraction of sp³-hybridized carbons (Fsp3) is 0.545. The number of allylic oxidation sites excluding steroid dienone is 2. The van der Waals surface area contributed by atoms with E-state index < -0.39 is 11.7 Å². The molecule has 0 heterocycles. The zero-order chi connectivity index (χ0) is 11.2. The normalized spacial score (nSPS) is 11.4. The molecule has 0 saturated carbocycles. The van der Waals surface area contributed by atoms with Gasteiger partial charge in [-0.3, -0.25) is 0 Å². The van der Waals surface area contributed by atoms with E-state index in [9.17, 15) is 4.79 Å². The highest BCUT2D eigenvalue weighted by Gasteiger charge is 2.14. The Balaban J connectivity index is 3.71. The van der Waals surface area contributed by atoms with E-state index in [0.29, 0.717) is 6.54 Å². The van der Waals surface area contributed by atoms with E-state index in [-0.39, 0.29) is 0 Å². The van der Waals surface area contributed by atoms with Gasteiger partial charge in [-0.2, -0.15) is 0 Å². The Kier molecular flexibility index (Phi) is 4.99. The maximum Gasteiger partial charge on any atom is 0.407 e. The first-order chi connectivity index (χ1) is 6.31. The van der Waals surface area contributed by atoms with Crippen molar-refractivity contribution in [1.29, 1.82) is 0 Å². The molecule has 3 heteroatoms. The number of alkyl carbamates (subject to hydrolysis) is 1. The molecule has 1 amide bonds. The van der Waals surface area contributed by atoms with Gasteiger partial charge in [0.2, 0.25) is 0 Å². The number of hydrogen-bond acceptors (Lipinski definition) is 2. The van der Waals surface area contributed by atoms with E-state index in [1.807, 2.05) is 39.8 Å². The van der Waals surface area contributed by atoms with E-state index in [4.69, 9.17) is 4.74 Å². The molecule has 0 fully saturated rings. The lowest BCUT2D eigenvalue weighted by atomic mass is 10.2. The Morgan fingerprint density at radius 3 is 2.50 bits per heavy atom. The lowest BCUT2D eigenvalue weighted by Crippen LogP contribution is -2.32. The average Bonchev–Trinajstić information content (AvgIpc) is 1.94. The predicted molar refractivity (Wildman–Crippen MR) is 58.2 cm³/mol. The first-order valence-electron chi connectivity index (χ1n) is 4.60. The van der Waals surface area contributed by atoms with Crippen LogP contribution in [0.1, 0.15) is 27.7 Å². The van der Waals surface area contributed by atoms with Crippen LogP contribution in [0.15, 0.2) is 24.3 Å². The molecule has 0 bridgehead atoms. The van der Waals surface area contributed by atoms with Crippen molar-refractivity contribution in [3.05, 3.63) is 24.3 Å². The van der Waals surface area contributed by atoms with Gasteiger partial charge in [0.05, 0.1) is 0 Å². The lowest BCUT2D eigenvalue weighted by Gasteiger charge is -2.19. The fourth-order valence-corrected chi connectivity index (χ4v) is 0.717. The van der Waals surface area contributed by atoms with Gasteiger partial charge in [0.15, 0.2) is 0 Å². The second-order valence-electron chi connectivity index (χ2n) is 4.13. The lowest BCUT2D eigenvalue weighted by molar-refractivity contribution is 0.0534. The largest absolute Gasteiger partial charge is 0.444 e. The third kappa shape index (κ3) is 8.84. The molecule has 80 valence electrons. The topological polar surface area (TPSA) is 38.3 Å². The first kappa shape index (κ1) is 12.8. The number of hydrogen-bond donors (Lipinski definition) is 1. The minimum absolute atomic E-state index is 0.399. The van der Waals surface area contributed by atoms with Crippen LogP contribution in [0.3, 0.4) is 0 Å². The quantitative estimate of drug-likeness (QED) is 0.706. The smallest absolute Gasteiger partial charge is 0.407 e. The Hall–Kier alpha value is -1.25. The number of ether oxygens (including phenoxy) is 1. The molecule has 0 aliphatic heterocycles. The molecule has 0 spiro atoms. The van der Waals surface area contributed by atoms with Crippen molar-refractivity contribution < 1.29 is 9.53 Å². The first-order valence-corrected chi connectivity index (χ1v) is 4.60. The third-order valence-electron chi connectivity index (χ3n) is 1.17. The van der Waals surface area contributed by atoms with Gasteiger partial charge in [-0.15, -0.1) is 0 Å².